The van der Waals surface area contributed by atoms with E-state index in [0.717, 1.165) is 11.1 Å². The Bertz CT molecular complexity index is 1470. The van der Waals surface area contributed by atoms with Crippen molar-refractivity contribution in [1.82, 2.24) is 10.2 Å². The highest BCUT2D eigenvalue weighted by atomic mass is 32.2. The van der Waals surface area contributed by atoms with E-state index >= 15 is 0 Å². The molecular weight excluding hydrogens is 458 g/mol. The molecule has 0 fully saturated rings. The fourth-order valence-electron chi connectivity index (χ4n) is 3.20. The topological polar surface area (TPSA) is 106 Å². The molecule has 1 heterocycles. The first-order chi connectivity index (χ1) is 15.8. The molecule has 33 heavy (non-hydrogen) atoms. The van der Waals surface area contributed by atoms with Crippen LogP contribution in [0, 0.1) is 0 Å². The van der Waals surface area contributed by atoms with Crippen molar-refractivity contribution < 1.29 is 16.8 Å². The molecule has 9 heteroatoms. The van der Waals surface area contributed by atoms with E-state index in [1.807, 2.05) is 30.3 Å². The summed E-state index contributed by atoms with van der Waals surface area (Å²) in [5.74, 6) is -0.0649. The lowest BCUT2D eigenvalue weighted by Crippen LogP contribution is -2.13. The summed E-state index contributed by atoms with van der Waals surface area (Å²) in [6.45, 7) is 1.54. The van der Waals surface area contributed by atoms with Gasteiger partial charge in [-0.3, -0.25) is 4.72 Å². The first kappa shape index (κ1) is 22.6. The van der Waals surface area contributed by atoms with Crippen molar-refractivity contribution in [2.24, 2.45) is 0 Å². The maximum Gasteiger partial charge on any atom is 0.261 e. The van der Waals surface area contributed by atoms with Gasteiger partial charge >= 0.3 is 0 Å². The van der Waals surface area contributed by atoms with Crippen LogP contribution in [0.15, 0.2) is 101 Å². The molecule has 0 aliphatic carbocycles. The molecule has 1 N–H and O–H groups in total. The quantitative estimate of drug-likeness (QED) is 0.421. The van der Waals surface area contributed by atoms with Crippen LogP contribution < -0.4 is 4.72 Å². The Balaban J connectivity index is 1.55. The van der Waals surface area contributed by atoms with E-state index in [1.54, 1.807) is 54.6 Å². The molecule has 0 amide bonds. The van der Waals surface area contributed by atoms with Crippen molar-refractivity contribution in [2.75, 3.05) is 10.5 Å². The van der Waals surface area contributed by atoms with E-state index in [4.69, 9.17) is 0 Å². The highest BCUT2D eigenvalue weighted by molar-refractivity contribution is 7.92. The number of anilines is 1. The SMILES string of the molecule is CCS(=O)(=O)c1ccc(-c2cccc(NS(=O)(=O)c3ccc(-c4ccccc4)cc3)c2)nn1. The summed E-state index contributed by atoms with van der Waals surface area (Å²) >= 11 is 0. The lowest BCUT2D eigenvalue weighted by molar-refractivity contribution is 0.591. The average molecular weight is 480 g/mol. The molecule has 4 rings (SSSR count). The van der Waals surface area contributed by atoms with Gasteiger partial charge in [0.1, 0.15) is 0 Å². The van der Waals surface area contributed by atoms with Gasteiger partial charge in [0.15, 0.2) is 14.9 Å². The summed E-state index contributed by atoms with van der Waals surface area (Å²) < 4.78 is 52.2. The summed E-state index contributed by atoms with van der Waals surface area (Å²) in [7, 11) is -7.25. The van der Waals surface area contributed by atoms with Gasteiger partial charge in [0, 0.05) is 11.3 Å². The van der Waals surface area contributed by atoms with Crippen molar-refractivity contribution in [3.8, 4) is 22.4 Å². The second kappa shape index (κ2) is 9.13. The molecule has 0 aliphatic rings. The summed E-state index contributed by atoms with van der Waals surface area (Å²) in [4.78, 5) is 0.140. The highest BCUT2D eigenvalue weighted by Crippen LogP contribution is 2.25. The number of aromatic nitrogens is 2. The molecule has 0 aliphatic heterocycles. The van der Waals surface area contributed by atoms with Gasteiger partial charge in [-0.1, -0.05) is 61.5 Å². The standard InChI is InChI=1S/C24H21N3O4S2/c1-2-32(28,29)24-16-15-23(25-26-24)20-9-6-10-21(17-20)27-33(30,31)22-13-11-19(12-14-22)18-7-4-3-5-8-18/h3-17,27H,2H2,1H3. The average Bonchev–Trinajstić information content (AvgIpc) is 2.85. The van der Waals surface area contributed by atoms with Crippen LogP contribution in [0.1, 0.15) is 6.92 Å². The first-order valence-corrected chi connectivity index (χ1v) is 13.3. The molecule has 0 saturated heterocycles. The van der Waals surface area contributed by atoms with Gasteiger partial charge in [-0.2, -0.15) is 0 Å². The van der Waals surface area contributed by atoms with Crippen LogP contribution >= 0.6 is 0 Å². The molecule has 0 atom stereocenters. The van der Waals surface area contributed by atoms with Crippen LogP contribution in [-0.4, -0.2) is 32.8 Å². The van der Waals surface area contributed by atoms with Gasteiger partial charge in [-0.25, -0.2) is 16.8 Å². The molecule has 0 spiro atoms. The summed E-state index contributed by atoms with van der Waals surface area (Å²) in [5.41, 5.74) is 3.30. The maximum atomic E-state index is 12.9. The minimum atomic E-state index is -3.81. The number of nitrogens with one attached hydrogen (secondary N) is 1. The zero-order valence-corrected chi connectivity index (χ0v) is 19.3. The second-order valence-electron chi connectivity index (χ2n) is 7.24. The van der Waals surface area contributed by atoms with E-state index in [-0.39, 0.29) is 15.7 Å². The van der Waals surface area contributed by atoms with Crippen LogP contribution in [-0.2, 0) is 19.9 Å². The lowest BCUT2D eigenvalue weighted by Gasteiger charge is -2.10. The zero-order chi connectivity index (χ0) is 23.5. The molecule has 1 aromatic heterocycles. The van der Waals surface area contributed by atoms with Crippen LogP contribution in [0.2, 0.25) is 0 Å². The van der Waals surface area contributed by atoms with E-state index in [1.165, 1.54) is 13.0 Å². The van der Waals surface area contributed by atoms with Gasteiger partial charge in [0.2, 0.25) is 0 Å². The van der Waals surface area contributed by atoms with Gasteiger partial charge < -0.3 is 0 Å². The van der Waals surface area contributed by atoms with Crippen LogP contribution in [0.5, 0.6) is 0 Å². The summed E-state index contributed by atoms with van der Waals surface area (Å²) in [6.07, 6.45) is 0. The first-order valence-electron chi connectivity index (χ1n) is 10.1. The van der Waals surface area contributed by atoms with Crippen molar-refractivity contribution in [3.05, 3.63) is 91.0 Å². The van der Waals surface area contributed by atoms with Crippen LogP contribution in [0.3, 0.4) is 0 Å². The van der Waals surface area contributed by atoms with Gasteiger partial charge in [0.05, 0.1) is 16.3 Å². The van der Waals surface area contributed by atoms with Gasteiger partial charge in [-0.05, 0) is 47.5 Å². The lowest BCUT2D eigenvalue weighted by atomic mass is 10.1. The molecular formula is C24H21N3O4S2. The van der Waals surface area contributed by atoms with Crippen molar-refractivity contribution in [3.63, 3.8) is 0 Å². The Morgan fingerprint density at radius 2 is 1.36 bits per heavy atom. The van der Waals surface area contributed by atoms with Crippen LogP contribution in [0.25, 0.3) is 22.4 Å². The van der Waals surface area contributed by atoms with Gasteiger partial charge in [0.25, 0.3) is 10.0 Å². The number of hydrogen-bond acceptors (Lipinski definition) is 6. The van der Waals surface area contributed by atoms with E-state index in [2.05, 4.69) is 14.9 Å². The largest absolute Gasteiger partial charge is 0.280 e. The molecule has 0 unspecified atom stereocenters. The predicted molar refractivity (Wildman–Crippen MR) is 128 cm³/mol. The number of sulfone groups is 1. The number of rotatable bonds is 7. The number of hydrogen-bond donors (Lipinski definition) is 1. The fraction of sp³-hybridized carbons (Fsp3) is 0.0833. The highest BCUT2D eigenvalue weighted by Gasteiger charge is 2.16. The molecule has 168 valence electrons. The Kier molecular flexibility index (Phi) is 6.26. The number of benzene rings is 3. The van der Waals surface area contributed by atoms with E-state index in [0.29, 0.717) is 16.9 Å². The number of sulfonamides is 1. The maximum absolute atomic E-state index is 12.9. The normalized spacial score (nSPS) is 11.8. The van der Waals surface area contributed by atoms with Crippen molar-refractivity contribution in [1.29, 1.82) is 0 Å². The van der Waals surface area contributed by atoms with Crippen molar-refractivity contribution >= 4 is 25.5 Å². The van der Waals surface area contributed by atoms with E-state index in [9.17, 15) is 16.8 Å². The minimum Gasteiger partial charge on any atom is -0.280 e. The monoisotopic (exact) mass is 479 g/mol. The Hall–Kier alpha value is -3.56. The smallest absolute Gasteiger partial charge is 0.261 e. The molecule has 7 nitrogen and oxygen atoms in total. The fourth-order valence-corrected chi connectivity index (χ4v) is 4.99. The van der Waals surface area contributed by atoms with Crippen LogP contribution in [0.4, 0.5) is 5.69 Å². The molecule has 0 radical (unpaired) electrons. The minimum absolute atomic E-state index is 0.0649. The molecule has 3 aromatic carbocycles. The Morgan fingerprint density at radius 1 is 0.697 bits per heavy atom. The summed E-state index contributed by atoms with van der Waals surface area (Å²) in [5, 5.41) is 7.70. The molecule has 0 bridgehead atoms. The Labute approximate surface area is 193 Å². The van der Waals surface area contributed by atoms with E-state index < -0.39 is 19.9 Å². The van der Waals surface area contributed by atoms with Gasteiger partial charge in [-0.15, -0.1) is 10.2 Å². The summed E-state index contributed by atoms with van der Waals surface area (Å²) in [6, 6.07) is 26.0. The third kappa shape index (κ3) is 5.10. The zero-order valence-electron chi connectivity index (χ0n) is 17.7. The second-order valence-corrected chi connectivity index (χ2v) is 11.1. The Morgan fingerprint density at radius 3 is 2.00 bits per heavy atom. The molecule has 0 saturated carbocycles. The molecule has 4 aromatic rings. The predicted octanol–water partition coefficient (Wildman–Crippen LogP) is 4.41. The van der Waals surface area contributed by atoms with Crippen molar-refractivity contribution in [2.45, 2.75) is 16.8 Å². The third-order valence-electron chi connectivity index (χ3n) is 5.02. The number of nitrogens with zero attached hydrogens (tertiary/aromatic N) is 2. The third-order valence-corrected chi connectivity index (χ3v) is 8.03.